The van der Waals surface area contributed by atoms with Crippen LogP contribution in [0.25, 0.3) is 11.0 Å². The van der Waals surface area contributed by atoms with Crippen LogP contribution in [0, 0.1) is 0 Å². The van der Waals surface area contributed by atoms with Gasteiger partial charge in [-0.15, -0.1) is 0 Å². The van der Waals surface area contributed by atoms with Crippen molar-refractivity contribution in [3.8, 4) is 11.5 Å². The highest BCUT2D eigenvalue weighted by Crippen LogP contribution is 2.33. The van der Waals surface area contributed by atoms with Crippen molar-refractivity contribution in [2.24, 2.45) is 0 Å². The van der Waals surface area contributed by atoms with E-state index in [2.05, 4.69) is 15.6 Å². The van der Waals surface area contributed by atoms with Gasteiger partial charge < -0.3 is 24.0 Å². The summed E-state index contributed by atoms with van der Waals surface area (Å²) in [6, 6.07) is 14.9. The van der Waals surface area contributed by atoms with Crippen LogP contribution in [0.5, 0.6) is 11.5 Å². The van der Waals surface area contributed by atoms with Gasteiger partial charge >= 0.3 is 5.97 Å². The number of halogens is 1. The van der Waals surface area contributed by atoms with E-state index in [1.54, 1.807) is 18.3 Å². The number of hydrogen-bond donors (Lipinski definition) is 1. The molecule has 0 radical (unpaired) electrons. The van der Waals surface area contributed by atoms with E-state index in [1.807, 2.05) is 35.2 Å². The highest BCUT2D eigenvalue weighted by Gasteiger charge is 2.28. The summed E-state index contributed by atoms with van der Waals surface area (Å²) in [7, 11) is 2.79. The fourth-order valence-corrected chi connectivity index (χ4v) is 5.11. The molecule has 0 atom stereocenters. The van der Waals surface area contributed by atoms with Crippen LogP contribution >= 0.6 is 11.6 Å². The van der Waals surface area contributed by atoms with Crippen molar-refractivity contribution in [3.63, 3.8) is 0 Å². The molecule has 190 valence electrons. The van der Waals surface area contributed by atoms with Gasteiger partial charge in [-0.25, -0.2) is 9.78 Å². The van der Waals surface area contributed by atoms with Crippen LogP contribution in [0.4, 0.5) is 0 Å². The Morgan fingerprint density at radius 1 is 1.05 bits per heavy atom. The second-order valence-corrected chi connectivity index (χ2v) is 9.37. The number of aromatic nitrogens is 2. The van der Waals surface area contributed by atoms with Gasteiger partial charge in [0.15, 0.2) is 0 Å². The third-order valence-electron chi connectivity index (χ3n) is 6.76. The largest absolute Gasteiger partial charge is 0.496 e. The number of methoxy groups -OCH3 is 2. The molecule has 8 nitrogen and oxygen atoms in total. The Morgan fingerprint density at radius 2 is 1.76 bits per heavy atom. The molecule has 0 saturated heterocycles. The number of rotatable bonds is 7. The van der Waals surface area contributed by atoms with E-state index in [0.29, 0.717) is 30.2 Å². The minimum Gasteiger partial charge on any atom is -0.496 e. The molecule has 1 N–H and O–H groups in total. The minimum atomic E-state index is -1.16. The van der Waals surface area contributed by atoms with E-state index in [-0.39, 0.29) is 29.4 Å². The first kappa shape index (κ1) is 24.6. The number of hydrogen-bond acceptors (Lipinski definition) is 5. The molecule has 0 saturated carbocycles. The molecule has 0 spiro atoms. The van der Waals surface area contributed by atoms with Gasteiger partial charge in [0, 0.05) is 35.4 Å². The molecule has 0 aliphatic carbocycles. The van der Waals surface area contributed by atoms with Crippen molar-refractivity contribution in [1.29, 1.82) is 0 Å². The second-order valence-electron chi connectivity index (χ2n) is 8.93. The number of amides is 1. The lowest BCUT2D eigenvalue weighted by Gasteiger charge is -2.29. The number of carbonyl (C=O) groups is 2. The summed E-state index contributed by atoms with van der Waals surface area (Å²) in [5, 5.41) is 11.3. The van der Waals surface area contributed by atoms with Crippen LogP contribution in [0.3, 0.4) is 0 Å². The maximum absolute atomic E-state index is 13.4. The van der Waals surface area contributed by atoms with Crippen LogP contribution < -0.4 is 9.47 Å². The fraction of sp³-hybridized carbons (Fsp3) is 0.250. The van der Waals surface area contributed by atoms with Crippen molar-refractivity contribution in [2.45, 2.75) is 25.9 Å². The number of carbonyl (C=O) groups excluding carboxylic acids is 1. The maximum atomic E-state index is 13.4. The Labute approximate surface area is 219 Å². The molecule has 0 bridgehead atoms. The van der Waals surface area contributed by atoms with Crippen molar-refractivity contribution in [2.75, 3.05) is 20.8 Å². The van der Waals surface area contributed by atoms with Crippen LogP contribution in [-0.4, -0.2) is 52.2 Å². The minimum absolute atomic E-state index is 0.0610. The zero-order valence-corrected chi connectivity index (χ0v) is 21.3. The predicted octanol–water partition coefficient (Wildman–Crippen LogP) is 4.58. The first-order valence-electron chi connectivity index (χ1n) is 11.8. The van der Waals surface area contributed by atoms with Crippen molar-refractivity contribution >= 4 is 34.5 Å². The smallest absolute Gasteiger partial charge is 0.343 e. The third-order valence-corrected chi connectivity index (χ3v) is 7.01. The zero-order chi connectivity index (χ0) is 26.1. The number of aromatic carboxylic acids is 1. The molecule has 3 heterocycles. The van der Waals surface area contributed by atoms with Crippen LogP contribution in [0.1, 0.15) is 32.7 Å². The normalized spacial score (nSPS) is 12.9. The fourth-order valence-electron chi connectivity index (χ4n) is 4.98. The third kappa shape index (κ3) is 4.72. The first-order chi connectivity index (χ1) is 17.9. The van der Waals surface area contributed by atoms with E-state index in [0.717, 1.165) is 28.7 Å². The SMILES string of the molecule is COc1cc(CC(=O)N2CCc3c(n(Cc4ccc(Cl)cc4)c4ncccc34)C2)cc(OC)c1C(=O)O. The highest BCUT2D eigenvalue weighted by atomic mass is 35.5. The number of carboxylic acid groups (broad SMARTS) is 1. The average Bonchev–Trinajstić information content (AvgIpc) is 3.21. The number of carboxylic acids is 1. The van der Waals surface area contributed by atoms with E-state index in [1.165, 1.54) is 19.8 Å². The molecule has 5 rings (SSSR count). The lowest BCUT2D eigenvalue weighted by Crippen LogP contribution is -2.37. The molecule has 1 aliphatic rings. The van der Waals surface area contributed by atoms with Gasteiger partial charge in [-0.3, -0.25) is 4.79 Å². The molecule has 1 amide bonds. The lowest BCUT2D eigenvalue weighted by atomic mass is 10.0. The predicted molar refractivity (Wildman–Crippen MR) is 140 cm³/mol. The summed E-state index contributed by atoms with van der Waals surface area (Å²) in [6.07, 6.45) is 2.61. The summed E-state index contributed by atoms with van der Waals surface area (Å²) in [5.74, 6) is -0.902. The monoisotopic (exact) mass is 519 g/mol. The van der Waals surface area contributed by atoms with Gasteiger partial charge in [0.05, 0.1) is 27.2 Å². The van der Waals surface area contributed by atoms with Gasteiger partial charge in [0.25, 0.3) is 0 Å². The van der Waals surface area contributed by atoms with Crippen LogP contribution in [0.2, 0.25) is 5.02 Å². The molecular weight excluding hydrogens is 494 g/mol. The number of pyridine rings is 1. The maximum Gasteiger partial charge on any atom is 0.343 e. The molecule has 2 aromatic carbocycles. The Kier molecular flexibility index (Phi) is 6.76. The zero-order valence-electron chi connectivity index (χ0n) is 20.5. The molecule has 4 aromatic rings. The summed E-state index contributed by atoms with van der Waals surface area (Å²) in [6.45, 7) is 1.66. The van der Waals surface area contributed by atoms with Crippen molar-refractivity contribution in [1.82, 2.24) is 14.5 Å². The Bertz CT molecular complexity index is 1470. The van der Waals surface area contributed by atoms with E-state index >= 15 is 0 Å². The molecule has 0 unspecified atom stereocenters. The molecule has 0 fully saturated rings. The Balaban J connectivity index is 1.44. The molecule has 1 aliphatic heterocycles. The van der Waals surface area contributed by atoms with Gasteiger partial charge in [0.1, 0.15) is 22.7 Å². The number of fused-ring (bicyclic) bond motifs is 3. The summed E-state index contributed by atoms with van der Waals surface area (Å²) in [4.78, 5) is 31.6. The van der Waals surface area contributed by atoms with Gasteiger partial charge in [-0.1, -0.05) is 23.7 Å². The molecule has 2 aromatic heterocycles. The van der Waals surface area contributed by atoms with Crippen LogP contribution in [-0.2, 0) is 30.7 Å². The second kappa shape index (κ2) is 10.1. The van der Waals surface area contributed by atoms with Crippen LogP contribution in [0.15, 0.2) is 54.7 Å². The summed E-state index contributed by atoms with van der Waals surface area (Å²) < 4.78 is 12.7. The van der Waals surface area contributed by atoms with Gasteiger partial charge in [-0.05, 0) is 59.5 Å². The van der Waals surface area contributed by atoms with Gasteiger partial charge in [-0.2, -0.15) is 0 Å². The van der Waals surface area contributed by atoms with Crippen molar-refractivity contribution < 1.29 is 24.2 Å². The van der Waals surface area contributed by atoms with E-state index in [9.17, 15) is 14.7 Å². The molecule has 37 heavy (non-hydrogen) atoms. The highest BCUT2D eigenvalue weighted by molar-refractivity contribution is 6.30. The summed E-state index contributed by atoms with van der Waals surface area (Å²) in [5.41, 5.74) is 4.84. The quantitative estimate of drug-likeness (QED) is 0.384. The Morgan fingerprint density at radius 3 is 2.41 bits per heavy atom. The number of benzene rings is 2. The first-order valence-corrected chi connectivity index (χ1v) is 12.2. The van der Waals surface area contributed by atoms with Gasteiger partial charge in [0.2, 0.25) is 5.91 Å². The lowest BCUT2D eigenvalue weighted by molar-refractivity contribution is -0.131. The van der Waals surface area contributed by atoms with E-state index in [4.69, 9.17) is 21.1 Å². The average molecular weight is 520 g/mol. The molecular formula is C28H26ClN3O5. The standard InChI is InChI=1S/C28H26ClN3O5/c1-36-23-12-18(13-24(37-2)26(23)28(34)35)14-25(33)31-11-9-20-21-4-3-10-30-27(21)32(22(20)16-31)15-17-5-7-19(29)8-6-17/h3-8,10,12-13H,9,11,14-16H2,1-2H3,(H,34,35). The molecule has 9 heteroatoms. The topological polar surface area (TPSA) is 93.9 Å². The number of ether oxygens (including phenoxy) is 2. The number of nitrogens with zero attached hydrogens (tertiary/aromatic N) is 3. The van der Waals surface area contributed by atoms with E-state index < -0.39 is 5.97 Å². The Hall–Kier alpha value is -4.04. The summed E-state index contributed by atoms with van der Waals surface area (Å²) >= 11 is 6.08. The van der Waals surface area contributed by atoms with Crippen molar-refractivity contribution in [3.05, 3.63) is 87.7 Å².